The van der Waals surface area contributed by atoms with Crippen LogP contribution < -0.4 is 11.1 Å². The van der Waals surface area contributed by atoms with Crippen molar-refractivity contribution in [2.24, 2.45) is 10.7 Å². The van der Waals surface area contributed by atoms with Crippen LogP contribution in [0.4, 0.5) is 5.69 Å². The Hall–Kier alpha value is -1.81. The number of hydrogen-bond acceptors (Lipinski definition) is 2. The van der Waals surface area contributed by atoms with E-state index in [9.17, 15) is 0 Å². The van der Waals surface area contributed by atoms with Crippen LogP contribution in [0.2, 0.25) is 0 Å². The van der Waals surface area contributed by atoms with Gasteiger partial charge in [-0.2, -0.15) is 0 Å². The molecule has 0 unspecified atom stereocenters. The Morgan fingerprint density at radius 1 is 1.24 bits per heavy atom. The summed E-state index contributed by atoms with van der Waals surface area (Å²) in [6.45, 7) is 7.18. The van der Waals surface area contributed by atoms with E-state index in [0.717, 1.165) is 12.1 Å². The summed E-state index contributed by atoms with van der Waals surface area (Å²) in [5, 5.41) is 5.24. The van der Waals surface area contributed by atoms with Crippen LogP contribution in [-0.2, 0) is 11.8 Å². The molecule has 0 spiro atoms. The minimum absolute atomic E-state index is 0.00648. The van der Waals surface area contributed by atoms with Gasteiger partial charge < -0.3 is 11.1 Å². The van der Waals surface area contributed by atoms with Crippen LogP contribution in [-0.4, -0.2) is 12.5 Å². The Morgan fingerprint density at radius 3 is 2.52 bits per heavy atom. The fourth-order valence-electron chi connectivity index (χ4n) is 2.04. The summed E-state index contributed by atoms with van der Waals surface area (Å²) in [6, 6.07) is 12.5. The minimum atomic E-state index is 0.00648. The van der Waals surface area contributed by atoms with Gasteiger partial charge in [0.05, 0.1) is 6.54 Å². The zero-order valence-corrected chi connectivity index (χ0v) is 13.7. The molecule has 21 heavy (non-hydrogen) atoms. The first kappa shape index (κ1) is 15.6. The van der Waals surface area contributed by atoms with Gasteiger partial charge >= 0.3 is 0 Å². The molecule has 112 valence electrons. The lowest BCUT2D eigenvalue weighted by atomic mass is 9.92. The number of aliphatic imine (C=N–C) groups is 1. The zero-order chi connectivity index (χ0) is 15.3. The van der Waals surface area contributed by atoms with Gasteiger partial charge in [0.1, 0.15) is 0 Å². The molecule has 1 aromatic carbocycles. The first-order valence-electron chi connectivity index (χ1n) is 7.21. The predicted molar refractivity (Wildman–Crippen MR) is 93.3 cm³/mol. The van der Waals surface area contributed by atoms with Crippen molar-refractivity contribution < 1.29 is 0 Å². The lowest BCUT2D eigenvalue weighted by Gasteiger charge is -2.21. The number of benzene rings is 1. The van der Waals surface area contributed by atoms with Crippen molar-refractivity contribution >= 4 is 23.0 Å². The molecule has 0 saturated carbocycles. The number of guanidine groups is 1. The second-order valence-corrected chi connectivity index (χ2v) is 6.69. The maximum atomic E-state index is 5.98. The van der Waals surface area contributed by atoms with Gasteiger partial charge in [-0.3, -0.25) is 4.99 Å². The van der Waals surface area contributed by atoms with Crippen LogP contribution in [0.25, 0.3) is 0 Å². The van der Waals surface area contributed by atoms with E-state index in [-0.39, 0.29) is 5.41 Å². The number of nitrogens with two attached hydrogens (primary N) is 1. The summed E-state index contributed by atoms with van der Waals surface area (Å²) in [7, 11) is 0. The summed E-state index contributed by atoms with van der Waals surface area (Å²) in [5.74, 6) is 0.462. The average molecular weight is 301 g/mol. The molecule has 0 fully saturated rings. The molecule has 0 aliphatic carbocycles. The normalized spacial score (nSPS) is 12.4. The van der Waals surface area contributed by atoms with Gasteiger partial charge in [0, 0.05) is 16.0 Å². The SMILES string of the molecule is CCc1ccc(NC(N)=NCC(C)(C)c2cccs2)cc1. The summed E-state index contributed by atoms with van der Waals surface area (Å²) >= 11 is 1.76. The molecule has 2 rings (SSSR count). The van der Waals surface area contributed by atoms with Gasteiger partial charge in [0.2, 0.25) is 0 Å². The van der Waals surface area contributed by atoms with Crippen molar-refractivity contribution in [1.82, 2.24) is 0 Å². The molecule has 0 atom stereocenters. The van der Waals surface area contributed by atoms with Crippen molar-refractivity contribution in [3.05, 3.63) is 52.2 Å². The molecule has 2 aromatic rings. The molecule has 0 saturated heterocycles. The second-order valence-electron chi connectivity index (χ2n) is 5.74. The van der Waals surface area contributed by atoms with E-state index < -0.39 is 0 Å². The molecular formula is C17H23N3S. The fourth-order valence-corrected chi connectivity index (χ4v) is 2.88. The van der Waals surface area contributed by atoms with Crippen molar-refractivity contribution in [2.45, 2.75) is 32.6 Å². The third-order valence-corrected chi connectivity index (χ3v) is 4.70. The van der Waals surface area contributed by atoms with Gasteiger partial charge in [0.15, 0.2) is 5.96 Å². The van der Waals surface area contributed by atoms with E-state index in [4.69, 9.17) is 5.73 Å². The Morgan fingerprint density at radius 2 is 1.95 bits per heavy atom. The van der Waals surface area contributed by atoms with Crippen LogP contribution in [0.1, 0.15) is 31.2 Å². The monoisotopic (exact) mass is 301 g/mol. The second kappa shape index (κ2) is 6.76. The Labute approximate surface area is 130 Å². The number of anilines is 1. The van der Waals surface area contributed by atoms with E-state index >= 15 is 0 Å². The van der Waals surface area contributed by atoms with Crippen molar-refractivity contribution in [3.63, 3.8) is 0 Å². The summed E-state index contributed by atoms with van der Waals surface area (Å²) in [5.41, 5.74) is 8.27. The topological polar surface area (TPSA) is 50.4 Å². The van der Waals surface area contributed by atoms with Crippen LogP contribution in [0, 0.1) is 0 Å². The first-order chi connectivity index (χ1) is 10.0. The van der Waals surface area contributed by atoms with E-state index in [2.05, 4.69) is 60.7 Å². The number of aryl methyl sites for hydroxylation is 1. The standard InChI is InChI=1S/C17H23N3S/c1-4-13-7-9-14(10-8-13)20-16(18)19-12-17(2,3)15-6-5-11-21-15/h5-11H,4,12H2,1-3H3,(H3,18,19,20). The van der Waals surface area contributed by atoms with Crippen molar-refractivity contribution in [2.75, 3.05) is 11.9 Å². The maximum Gasteiger partial charge on any atom is 0.193 e. The quantitative estimate of drug-likeness (QED) is 0.647. The Kier molecular flexibility index (Phi) is 5.02. The minimum Gasteiger partial charge on any atom is -0.370 e. The molecule has 1 heterocycles. The molecule has 3 N–H and O–H groups in total. The molecule has 0 aliphatic heterocycles. The molecular weight excluding hydrogens is 278 g/mol. The highest BCUT2D eigenvalue weighted by atomic mass is 32.1. The zero-order valence-electron chi connectivity index (χ0n) is 12.9. The average Bonchev–Trinajstić information content (AvgIpc) is 3.01. The molecule has 0 aliphatic rings. The fraction of sp³-hybridized carbons (Fsp3) is 0.353. The lowest BCUT2D eigenvalue weighted by Crippen LogP contribution is -2.27. The van der Waals surface area contributed by atoms with Crippen LogP contribution in [0.3, 0.4) is 0 Å². The van der Waals surface area contributed by atoms with E-state index in [1.165, 1.54) is 10.4 Å². The van der Waals surface area contributed by atoms with E-state index in [0.29, 0.717) is 12.5 Å². The molecule has 0 radical (unpaired) electrons. The number of rotatable bonds is 5. The van der Waals surface area contributed by atoms with Gasteiger partial charge in [-0.15, -0.1) is 11.3 Å². The Bertz CT molecular complexity index is 583. The Balaban J connectivity index is 1.97. The van der Waals surface area contributed by atoms with Crippen molar-refractivity contribution in [1.29, 1.82) is 0 Å². The number of thiophene rings is 1. The van der Waals surface area contributed by atoms with E-state index in [1.54, 1.807) is 11.3 Å². The van der Waals surface area contributed by atoms with Crippen molar-refractivity contribution in [3.8, 4) is 0 Å². The van der Waals surface area contributed by atoms with Gasteiger partial charge in [-0.1, -0.05) is 39.0 Å². The number of nitrogens with one attached hydrogen (secondary N) is 1. The van der Waals surface area contributed by atoms with Gasteiger partial charge in [-0.25, -0.2) is 0 Å². The lowest BCUT2D eigenvalue weighted by molar-refractivity contribution is 0.551. The summed E-state index contributed by atoms with van der Waals surface area (Å²) < 4.78 is 0. The van der Waals surface area contributed by atoms with Crippen LogP contribution in [0.15, 0.2) is 46.8 Å². The highest BCUT2D eigenvalue weighted by Crippen LogP contribution is 2.27. The van der Waals surface area contributed by atoms with Gasteiger partial charge in [0.25, 0.3) is 0 Å². The highest BCUT2D eigenvalue weighted by molar-refractivity contribution is 7.10. The summed E-state index contributed by atoms with van der Waals surface area (Å²) in [4.78, 5) is 5.80. The third kappa shape index (κ3) is 4.33. The smallest absolute Gasteiger partial charge is 0.193 e. The molecule has 0 bridgehead atoms. The van der Waals surface area contributed by atoms with Gasteiger partial charge in [-0.05, 0) is 35.6 Å². The summed E-state index contributed by atoms with van der Waals surface area (Å²) in [6.07, 6.45) is 1.04. The highest BCUT2D eigenvalue weighted by Gasteiger charge is 2.21. The molecule has 1 aromatic heterocycles. The third-order valence-electron chi connectivity index (χ3n) is 3.47. The predicted octanol–water partition coefficient (Wildman–Crippen LogP) is 4.01. The van der Waals surface area contributed by atoms with Crippen LogP contribution >= 0.6 is 11.3 Å². The largest absolute Gasteiger partial charge is 0.370 e. The number of nitrogens with zero attached hydrogens (tertiary/aromatic N) is 1. The maximum absolute atomic E-state index is 5.98. The van der Waals surface area contributed by atoms with E-state index in [1.807, 2.05) is 12.1 Å². The molecule has 3 nitrogen and oxygen atoms in total. The molecule has 0 amide bonds. The molecule has 4 heteroatoms. The van der Waals surface area contributed by atoms with Crippen LogP contribution in [0.5, 0.6) is 0 Å². The first-order valence-corrected chi connectivity index (χ1v) is 8.09. The number of hydrogen-bond donors (Lipinski definition) is 2.